The highest BCUT2D eigenvalue weighted by atomic mass is 35.5. The number of rotatable bonds is 4. The Labute approximate surface area is 100 Å². The summed E-state index contributed by atoms with van der Waals surface area (Å²) in [7, 11) is 0. The summed E-state index contributed by atoms with van der Waals surface area (Å²) in [6.07, 6.45) is 9.94. The minimum absolute atomic E-state index is 0.248. The van der Waals surface area contributed by atoms with E-state index in [0.717, 1.165) is 12.8 Å². The van der Waals surface area contributed by atoms with E-state index in [1.807, 2.05) is 6.92 Å². The number of hydrogen-bond donors (Lipinski definition) is 1. The molecule has 0 unspecified atom stereocenters. The third kappa shape index (κ3) is 3.25. The van der Waals surface area contributed by atoms with Crippen LogP contribution in [0.15, 0.2) is 18.5 Å². The number of nitrogens with zero attached hydrogens (tertiary/aromatic N) is 1. The van der Waals surface area contributed by atoms with Crippen LogP contribution >= 0.6 is 11.6 Å². The molecule has 0 aliphatic heterocycles. The van der Waals surface area contributed by atoms with Crippen molar-refractivity contribution in [1.29, 1.82) is 0 Å². The van der Waals surface area contributed by atoms with Crippen molar-refractivity contribution in [1.82, 2.24) is 10.3 Å². The normalized spacial score (nSPS) is 11.6. The van der Waals surface area contributed by atoms with E-state index >= 15 is 0 Å². The zero-order valence-corrected chi connectivity index (χ0v) is 9.79. The topological polar surface area (TPSA) is 42.0 Å². The van der Waals surface area contributed by atoms with Crippen LogP contribution in [0, 0.1) is 12.3 Å². The van der Waals surface area contributed by atoms with Crippen LogP contribution in [0.4, 0.5) is 0 Å². The van der Waals surface area contributed by atoms with Gasteiger partial charge in [0.2, 0.25) is 0 Å². The first-order chi connectivity index (χ1) is 7.69. The minimum Gasteiger partial charge on any atom is -0.338 e. The molecule has 4 heteroatoms. The molecule has 0 saturated carbocycles. The summed E-state index contributed by atoms with van der Waals surface area (Å²) >= 11 is 5.85. The third-order valence-corrected chi connectivity index (χ3v) is 2.40. The predicted molar refractivity (Wildman–Crippen MR) is 64.2 cm³/mol. The van der Waals surface area contributed by atoms with E-state index in [0.29, 0.717) is 10.6 Å². The minimum atomic E-state index is -0.260. The molecule has 1 N–H and O–H groups in total. The monoisotopic (exact) mass is 236 g/mol. The first-order valence-corrected chi connectivity index (χ1v) is 5.43. The summed E-state index contributed by atoms with van der Waals surface area (Å²) < 4.78 is 0. The molecule has 1 aromatic heterocycles. The fourth-order valence-electron chi connectivity index (χ4n) is 1.28. The van der Waals surface area contributed by atoms with Crippen molar-refractivity contribution in [2.45, 2.75) is 25.8 Å². The largest absolute Gasteiger partial charge is 0.338 e. The highest BCUT2D eigenvalue weighted by Crippen LogP contribution is 2.13. The Morgan fingerprint density at radius 1 is 1.75 bits per heavy atom. The quantitative estimate of drug-likeness (QED) is 0.815. The van der Waals surface area contributed by atoms with Gasteiger partial charge in [0.15, 0.2) is 0 Å². The van der Waals surface area contributed by atoms with Gasteiger partial charge in [-0.05, 0) is 12.5 Å². The van der Waals surface area contributed by atoms with Gasteiger partial charge in [-0.15, -0.1) is 6.42 Å². The number of terminal acetylenes is 1. The molecule has 0 aliphatic carbocycles. The number of halogens is 1. The van der Waals surface area contributed by atoms with Crippen molar-refractivity contribution >= 4 is 17.5 Å². The lowest BCUT2D eigenvalue weighted by Crippen LogP contribution is -2.33. The predicted octanol–water partition coefficient (Wildman–Crippen LogP) is 2.27. The van der Waals surface area contributed by atoms with Gasteiger partial charge >= 0.3 is 0 Å². The summed E-state index contributed by atoms with van der Waals surface area (Å²) in [5, 5.41) is 3.06. The van der Waals surface area contributed by atoms with Gasteiger partial charge in [-0.25, -0.2) is 0 Å². The summed E-state index contributed by atoms with van der Waals surface area (Å²) in [6, 6.07) is 1.32. The van der Waals surface area contributed by atoms with Crippen molar-refractivity contribution < 1.29 is 4.79 Å². The van der Waals surface area contributed by atoms with Gasteiger partial charge in [0, 0.05) is 12.4 Å². The van der Waals surface area contributed by atoms with Crippen LogP contribution in [0.25, 0.3) is 0 Å². The van der Waals surface area contributed by atoms with E-state index in [1.54, 1.807) is 6.07 Å². The van der Waals surface area contributed by atoms with Gasteiger partial charge in [-0.2, -0.15) is 0 Å². The molecular weight excluding hydrogens is 224 g/mol. The highest BCUT2D eigenvalue weighted by molar-refractivity contribution is 6.33. The maximum atomic E-state index is 11.8. The van der Waals surface area contributed by atoms with Gasteiger partial charge in [0.1, 0.15) is 0 Å². The van der Waals surface area contributed by atoms with Crippen molar-refractivity contribution in [2.24, 2.45) is 0 Å². The van der Waals surface area contributed by atoms with E-state index in [4.69, 9.17) is 18.0 Å². The van der Waals surface area contributed by atoms with Crippen LogP contribution in [0.3, 0.4) is 0 Å². The average molecular weight is 237 g/mol. The van der Waals surface area contributed by atoms with E-state index in [2.05, 4.69) is 16.2 Å². The Kier molecular flexibility index (Phi) is 4.81. The Morgan fingerprint density at radius 3 is 3.06 bits per heavy atom. The molecule has 1 atom stereocenters. The fraction of sp³-hybridized carbons (Fsp3) is 0.333. The number of aromatic nitrogens is 1. The fourth-order valence-corrected chi connectivity index (χ4v) is 1.49. The maximum absolute atomic E-state index is 11.8. The van der Waals surface area contributed by atoms with E-state index in [1.165, 1.54) is 12.4 Å². The van der Waals surface area contributed by atoms with Gasteiger partial charge < -0.3 is 5.32 Å². The molecule has 1 aromatic rings. The molecule has 0 saturated heterocycles. The molecule has 1 rings (SSSR count). The molecule has 0 aliphatic rings. The lowest BCUT2D eigenvalue weighted by atomic mass is 10.1. The van der Waals surface area contributed by atoms with E-state index < -0.39 is 0 Å². The Morgan fingerprint density at radius 2 is 2.50 bits per heavy atom. The van der Waals surface area contributed by atoms with Crippen LogP contribution < -0.4 is 5.32 Å². The first-order valence-electron chi connectivity index (χ1n) is 5.05. The maximum Gasteiger partial charge on any atom is 0.253 e. The standard InChI is InChI=1S/C12H13ClN2O/c1-3-5-9(4-2)15-12(16)10-6-7-14-8-11(10)13/h2,6-9H,3,5H2,1H3,(H,15,16)/t9-/m0/s1. The Bertz CT molecular complexity index is 412. The molecule has 1 amide bonds. The summed E-state index contributed by atoms with van der Waals surface area (Å²) in [5.41, 5.74) is 0.396. The number of amides is 1. The van der Waals surface area contributed by atoms with Gasteiger partial charge in [-0.3, -0.25) is 9.78 Å². The molecule has 3 nitrogen and oxygen atoms in total. The summed E-state index contributed by atoms with van der Waals surface area (Å²) in [4.78, 5) is 15.6. The first kappa shape index (κ1) is 12.5. The van der Waals surface area contributed by atoms with Crippen molar-refractivity contribution in [3.63, 3.8) is 0 Å². The lowest BCUT2D eigenvalue weighted by Gasteiger charge is -2.12. The number of pyridine rings is 1. The zero-order valence-electron chi connectivity index (χ0n) is 9.03. The molecule has 1 heterocycles. The van der Waals surface area contributed by atoms with Crippen molar-refractivity contribution in [3.8, 4) is 12.3 Å². The van der Waals surface area contributed by atoms with Gasteiger partial charge in [0.05, 0.1) is 16.6 Å². The number of carbonyl (C=O) groups excluding carboxylic acids is 1. The summed E-state index contributed by atoms with van der Waals surface area (Å²) in [5.74, 6) is 2.27. The van der Waals surface area contributed by atoms with Crippen LogP contribution in [-0.4, -0.2) is 16.9 Å². The molecule has 0 bridgehead atoms. The molecule has 0 spiro atoms. The SMILES string of the molecule is C#C[C@@H](CCC)NC(=O)c1ccncc1Cl. The molecule has 0 radical (unpaired) electrons. The third-order valence-electron chi connectivity index (χ3n) is 2.10. The second-order valence-corrected chi connectivity index (χ2v) is 3.74. The van der Waals surface area contributed by atoms with Gasteiger partial charge in [-0.1, -0.05) is 30.9 Å². The number of carbonyl (C=O) groups is 1. The smallest absolute Gasteiger partial charge is 0.253 e. The summed E-state index contributed by atoms with van der Waals surface area (Å²) in [6.45, 7) is 2.01. The second kappa shape index (κ2) is 6.14. The highest BCUT2D eigenvalue weighted by Gasteiger charge is 2.13. The Balaban J connectivity index is 2.73. The van der Waals surface area contributed by atoms with E-state index in [9.17, 15) is 4.79 Å². The molecule has 16 heavy (non-hydrogen) atoms. The van der Waals surface area contributed by atoms with Crippen molar-refractivity contribution in [2.75, 3.05) is 0 Å². The van der Waals surface area contributed by atoms with Crippen LogP contribution in [-0.2, 0) is 0 Å². The van der Waals surface area contributed by atoms with Crippen LogP contribution in [0.5, 0.6) is 0 Å². The second-order valence-electron chi connectivity index (χ2n) is 3.34. The number of nitrogens with one attached hydrogen (secondary N) is 1. The lowest BCUT2D eigenvalue weighted by molar-refractivity contribution is 0.0944. The Hall–Kier alpha value is -1.53. The van der Waals surface area contributed by atoms with Gasteiger partial charge in [0.25, 0.3) is 5.91 Å². The van der Waals surface area contributed by atoms with Crippen LogP contribution in [0.2, 0.25) is 5.02 Å². The molecular formula is C12H13ClN2O. The average Bonchev–Trinajstić information content (AvgIpc) is 2.28. The van der Waals surface area contributed by atoms with Crippen molar-refractivity contribution in [3.05, 3.63) is 29.0 Å². The number of hydrogen-bond acceptors (Lipinski definition) is 2. The molecule has 84 valence electrons. The molecule has 0 aromatic carbocycles. The zero-order chi connectivity index (χ0) is 12.0. The van der Waals surface area contributed by atoms with E-state index in [-0.39, 0.29) is 11.9 Å². The molecule has 0 fully saturated rings. The van der Waals surface area contributed by atoms with Crippen LogP contribution in [0.1, 0.15) is 30.1 Å².